The van der Waals surface area contributed by atoms with E-state index in [2.05, 4.69) is 15.4 Å². The van der Waals surface area contributed by atoms with Crippen LogP contribution in [0, 0.1) is 24.2 Å². The molecule has 0 bridgehead atoms. The van der Waals surface area contributed by atoms with Gasteiger partial charge in [-0.05, 0) is 41.7 Å². The van der Waals surface area contributed by atoms with Crippen LogP contribution in [0.15, 0.2) is 30.7 Å². The number of rotatable bonds is 6. The number of nitrogens with one attached hydrogen (secondary N) is 1. The van der Waals surface area contributed by atoms with Crippen LogP contribution in [0.2, 0.25) is 5.02 Å². The Labute approximate surface area is 217 Å². The van der Waals surface area contributed by atoms with E-state index >= 15 is 0 Å². The minimum absolute atomic E-state index is 0.118. The maximum atomic E-state index is 12.8. The number of hydrogen-bond donors (Lipinski definition) is 2. The molecule has 6 rings (SSSR count). The normalized spacial score (nSPS) is 26.1. The minimum Gasteiger partial charge on any atom is -0.488 e. The number of halogens is 1. The number of likely N-dealkylation sites (tertiary alicyclic amines) is 1. The number of nitrogens with zero attached hydrogens (tertiary/aromatic N) is 4. The lowest BCUT2D eigenvalue weighted by atomic mass is 10.0. The summed E-state index contributed by atoms with van der Waals surface area (Å²) in [4.78, 5) is 42.9. The van der Waals surface area contributed by atoms with E-state index in [1.54, 1.807) is 22.8 Å². The maximum absolute atomic E-state index is 12.8. The molecule has 2 saturated heterocycles. The molecule has 2 aromatic heterocycles. The van der Waals surface area contributed by atoms with Crippen molar-refractivity contribution in [3.05, 3.63) is 46.9 Å². The second kappa shape index (κ2) is 8.26. The highest BCUT2D eigenvalue weighted by Crippen LogP contribution is 2.63. The Morgan fingerprint density at radius 2 is 1.97 bits per heavy atom. The highest BCUT2D eigenvalue weighted by molar-refractivity contribution is 6.31. The number of carbonyl (C=O) groups is 3. The van der Waals surface area contributed by atoms with Crippen molar-refractivity contribution in [1.82, 2.24) is 24.8 Å². The molecule has 4 atom stereocenters. The number of fused-ring (bicyclic) bond motifs is 2. The van der Waals surface area contributed by atoms with Gasteiger partial charge in [0.15, 0.2) is 0 Å². The fourth-order valence-corrected chi connectivity index (χ4v) is 6.10. The number of aliphatic carboxylic acids is 1. The van der Waals surface area contributed by atoms with Crippen molar-refractivity contribution in [2.24, 2.45) is 17.3 Å². The van der Waals surface area contributed by atoms with Gasteiger partial charge in [0.2, 0.25) is 11.8 Å². The van der Waals surface area contributed by atoms with Gasteiger partial charge in [-0.1, -0.05) is 25.4 Å². The molecule has 0 spiro atoms. The Morgan fingerprint density at radius 1 is 1.24 bits per heavy atom. The zero-order valence-corrected chi connectivity index (χ0v) is 21.3. The largest absolute Gasteiger partial charge is 0.488 e. The van der Waals surface area contributed by atoms with Crippen LogP contribution >= 0.6 is 11.6 Å². The van der Waals surface area contributed by atoms with Crippen molar-refractivity contribution >= 4 is 34.9 Å². The van der Waals surface area contributed by atoms with Gasteiger partial charge in [-0.2, -0.15) is 5.10 Å². The van der Waals surface area contributed by atoms with Gasteiger partial charge < -0.3 is 15.2 Å². The van der Waals surface area contributed by atoms with Crippen molar-refractivity contribution in [1.29, 1.82) is 0 Å². The van der Waals surface area contributed by atoms with Gasteiger partial charge in [-0.15, -0.1) is 0 Å². The van der Waals surface area contributed by atoms with E-state index in [-0.39, 0.29) is 41.7 Å². The number of carboxylic acid groups (broad SMARTS) is 1. The van der Waals surface area contributed by atoms with Crippen LogP contribution in [0.4, 0.5) is 0 Å². The summed E-state index contributed by atoms with van der Waals surface area (Å²) >= 11 is 6.42. The second-order valence-corrected chi connectivity index (χ2v) is 11.1. The average molecular weight is 524 g/mol. The third kappa shape index (κ3) is 3.77. The lowest BCUT2D eigenvalue weighted by molar-refractivity contribution is -0.144. The zero-order chi connectivity index (χ0) is 26.2. The number of aryl methyl sites for hydroxylation is 1. The van der Waals surface area contributed by atoms with Crippen LogP contribution in [-0.4, -0.2) is 61.1 Å². The van der Waals surface area contributed by atoms with E-state index < -0.39 is 12.0 Å². The Hall–Kier alpha value is -3.50. The molecular formula is C26H26ClN5O5. The quantitative estimate of drug-likeness (QED) is 0.472. The van der Waals surface area contributed by atoms with E-state index in [9.17, 15) is 19.5 Å². The molecule has 3 fully saturated rings. The SMILES string of the molecule is Cc1cc(Cl)cc(-c2ncnn3cc(CN4C(=O)C5C(C4=O)C5(C)C)cc23)c1O[C@@H]1CNC(C(=O)O)C1. The van der Waals surface area contributed by atoms with Crippen molar-refractivity contribution in [2.45, 2.75) is 45.9 Å². The smallest absolute Gasteiger partial charge is 0.320 e. The molecule has 4 heterocycles. The molecule has 3 unspecified atom stereocenters. The highest BCUT2D eigenvalue weighted by Gasteiger charge is 2.72. The maximum Gasteiger partial charge on any atom is 0.320 e. The van der Waals surface area contributed by atoms with Gasteiger partial charge in [0.05, 0.1) is 23.9 Å². The van der Waals surface area contributed by atoms with E-state index in [0.717, 1.165) is 11.1 Å². The predicted molar refractivity (Wildman–Crippen MR) is 133 cm³/mol. The Bertz CT molecular complexity index is 1460. The van der Waals surface area contributed by atoms with E-state index in [1.807, 2.05) is 26.8 Å². The number of benzene rings is 1. The number of imide groups is 1. The van der Waals surface area contributed by atoms with Gasteiger partial charge in [0.25, 0.3) is 0 Å². The van der Waals surface area contributed by atoms with Crippen LogP contribution in [0.5, 0.6) is 5.75 Å². The number of piperidine rings is 1. The number of hydrogen-bond acceptors (Lipinski definition) is 7. The fraction of sp³-hybridized carbons (Fsp3) is 0.423. The number of amides is 2. The molecule has 1 saturated carbocycles. The standard InChI is InChI=1S/C26H26ClN5O5/c1-12-4-14(27)6-16(22(12)37-15-7-17(25(35)36)28-8-15)21-18-5-13(10-32(18)30-11-29-21)9-31-23(33)19-20(24(31)34)26(19,2)3/h4-6,10-11,15,17,19-20,28H,7-9H2,1-3H3,(H,35,36)/t15-,17?,19?,20?/m0/s1. The average Bonchev–Trinajstić information content (AvgIpc) is 3.24. The molecule has 3 aromatic rings. The Kier molecular flexibility index (Phi) is 5.33. The molecule has 10 nitrogen and oxygen atoms in total. The van der Waals surface area contributed by atoms with Gasteiger partial charge in [0, 0.05) is 29.7 Å². The third-order valence-corrected chi connectivity index (χ3v) is 8.08. The van der Waals surface area contributed by atoms with Crippen LogP contribution in [-0.2, 0) is 20.9 Å². The molecule has 0 radical (unpaired) electrons. The number of ether oxygens (including phenoxy) is 1. The third-order valence-electron chi connectivity index (χ3n) is 7.86. The Morgan fingerprint density at radius 3 is 2.65 bits per heavy atom. The first-order valence-corrected chi connectivity index (χ1v) is 12.5. The summed E-state index contributed by atoms with van der Waals surface area (Å²) in [5, 5.41) is 17.1. The second-order valence-electron chi connectivity index (χ2n) is 10.7. The van der Waals surface area contributed by atoms with Gasteiger partial charge >= 0.3 is 5.97 Å². The number of aromatic nitrogens is 3. The van der Waals surface area contributed by atoms with Gasteiger partial charge in [0.1, 0.15) is 29.9 Å². The summed E-state index contributed by atoms with van der Waals surface area (Å²) in [7, 11) is 0. The molecule has 2 amide bonds. The first-order valence-electron chi connectivity index (χ1n) is 12.2. The van der Waals surface area contributed by atoms with E-state index in [4.69, 9.17) is 16.3 Å². The van der Waals surface area contributed by atoms with Crippen LogP contribution in [0.25, 0.3) is 16.8 Å². The first kappa shape index (κ1) is 23.9. The van der Waals surface area contributed by atoms with Gasteiger partial charge in [-0.25, -0.2) is 9.50 Å². The van der Waals surface area contributed by atoms with Crippen LogP contribution in [0.1, 0.15) is 31.4 Å². The molecule has 1 aromatic carbocycles. The van der Waals surface area contributed by atoms with Crippen molar-refractivity contribution < 1.29 is 24.2 Å². The molecule has 192 valence electrons. The van der Waals surface area contributed by atoms with E-state index in [0.29, 0.717) is 40.5 Å². The molecule has 3 aliphatic rings. The minimum atomic E-state index is -0.909. The summed E-state index contributed by atoms with van der Waals surface area (Å²) in [6, 6.07) is 4.76. The summed E-state index contributed by atoms with van der Waals surface area (Å²) < 4.78 is 7.96. The lowest BCUT2D eigenvalue weighted by Crippen LogP contribution is -2.35. The van der Waals surface area contributed by atoms with Gasteiger partial charge in [-0.3, -0.25) is 19.3 Å². The highest BCUT2D eigenvalue weighted by atomic mass is 35.5. The zero-order valence-electron chi connectivity index (χ0n) is 20.6. The number of carboxylic acids is 1. The van der Waals surface area contributed by atoms with Crippen molar-refractivity contribution in [3.8, 4) is 17.0 Å². The van der Waals surface area contributed by atoms with Crippen LogP contribution < -0.4 is 10.1 Å². The van der Waals surface area contributed by atoms with Crippen LogP contribution in [0.3, 0.4) is 0 Å². The fourth-order valence-electron chi connectivity index (χ4n) is 5.83. The first-order chi connectivity index (χ1) is 17.6. The monoisotopic (exact) mass is 523 g/mol. The summed E-state index contributed by atoms with van der Waals surface area (Å²) in [5.41, 5.74) is 3.19. The lowest BCUT2D eigenvalue weighted by Gasteiger charge is -2.19. The van der Waals surface area contributed by atoms with Crippen molar-refractivity contribution in [3.63, 3.8) is 0 Å². The predicted octanol–water partition coefficient (Wildman–Crippen LogP) is 2.69. The summed E-state index contributed by atoms with van der Waals surface area (Å²) in [6.45, 7) is 6.37. The molecular weight excluding hydrogens is 498 g/mol. The Balaban J connectivity index is 1.33. The summed E-state index contributed by atoms with van der Waals surface area (Å²) in [5.74, 6) is -1.04. The number of carbonyl (C=O) groups excluding carboxylic acids is 2. The molecule has 1 aliphatic carbocycles. The summed E-state index contributed by atoms with van der Waals surface area (Å²) in [6.07, 6.45) is 3.21. The van der Waals surface area contributed by atoms with Crippen molar-refractivity contribution in [2.75, 3.05) is 6.54 Å². The molecule has 2 N–H and O–H groups in total. The van der Waals surface area contributed by atoms with E-state index in [1.165, 1.54) is 11.2 Å². The topological polar surface area (TPSA) is 126 Å². The molecule has 37 heavy (non-hydrogen) atoms. The molecule has 11 heteroatoms. The molecule has 2 aliphatic heterocycles.